The summed E-state index contributed by atoms with van der Waals surface area (Å²) in [6, 6.07) is 0. The van der Waals surface area contributed by atoms with Gasteiger partial charge in [-0.15, -0.1) is 0 Å². The van der Waals surface area contributed by atoms with E-state index in [0.717, 1.165) is 31.3 Å². The molecule has 2 N–H and O–H groups in total. The Morgan fingerprint density at radius 2 is 2.19 bits per heavy atom. The van der Waals surface area contributed by atoms with Crippen LogP contribution in [0, 0.1) is 11.8 Å². The summed E-state index contributed by atoms with van der Waals surface area (Å²) >= 11 is 0. The molecular formula is C13H18O3. The fourth-order valence-electron chi connectivity index (χ4n) is 3.75. The quantitative estimate of drug-likeness (QED) is 0.647. The van der Waals surface area contributed by atoms with Gasteiger partial charge in [-0.25, -0.2) is 0 Å². The van der Waals surface area contributed by atoms with Crippen LogP contribution in [0.5, 0.6) is 0 Å². The minimum Gasteiger partial charge on any atom is -0.390 e. The van der Waals surface area contributed by atoms with Crippen molar-refractivity contribution in [3.05, 3.63) is 11.6 Å². The second-order valence-corrected chi connectivity index (χ2v) is 5.63. The standard InChI is InChI=1S/C13H18O3/c14-11-6-8-5-9-3-1-2-4-13(9,16)7-10(8)12(11)15/h6,9-10,12,15-16H,1-5,7H2. The third-order valence-electron chi connectivity index (χ3n) is 4.70. The Hall–Kier alpha value is -0.670. The van der Waals surface area contributed by atoms with Crippen LogP contribution < -0.4 is 0 Å². The molecule has 2 fully saturated rings. The summed E-state index contributed by atoms with van der Waals surface area (Å²) in [6.45, 7) is 0. The minimum atomic E-state index is -0.887. The molecule has 0 aliphatic heterocycles. The fourth-order valence-corrected chi connectivity index (χ4v) is 3.75. The van der Waals surface area contributed by atoms with E-state index in [1.807, 2.05) is 0 Å². The Balaban J connectivity index is 1.89. The zero-order valence-corrected chi connectivity index (χ0v) is 9.35. The summed E-state index contributed by atoms with van der Waals surface area (Å²) in [4.78, 5) is 11.4. The van der Waals surface area contributed by atoms with Gasteiger partial charge in [-0.05, 0) is 37.7 Å². The maximum atomic E-state index is 11.4. The normalized spacial score (nSPS) is 47.2. The van der Waals surface area contributed by atoms with Crippen LogP contribution in [0.1, 0.15) is 38.5 Å². The van der Waals surface area contributed by atoms with Crippen molar-refractivity contribution >= 4 is 5.78 Å². The van der Waals surface area contributed by atoms with Crippen LogP contribution in [-0.4, -0.2) is 27.7 Å². The van der Waals surface area contributed by atoms with Gasteiger partial charge < -0.3 is 10.2 Å². The zero-order valence-electron chi connectivity index (χ0n) is 9.35. The Labute approximate surface area is 95.2 Å². The number of carbonyl (C=O) groups excluding carboxylic acids is 1. The maximum Gasteiger partial charge on any atom is 0.184 e. The van der Waals surface area contributed by atoms with Crippen LogP contribution in [0.25, 0.3) is 0 Å². The molecule has 0 amide bonds. The molecule has 3 aliphatic carbocycles. The smallest absolute Gasteiger partial charge is 0.184 e. The molecule has 0 aromatic rings. The van der Waals surface area contributed by atoms with E-state index in [1.54, 1.807) is 6.08 Å². The van der Waals surface area contributed by atoms with Gasteiger partial charge in [-0.2, -0.15) is 0 Å². The fraction of sp³-hybridized carbons (Fsp3) is 0.769. The second kappa shape index (κ2) is 3.41. The molecule has 0 heterocycles. The van der Waals surface area contributed by atoms with Crippen molar-refractivity contribution in [3.63, 3.8) is 0 Å². The molecule has 88 valence electrons. The lowest BCUT2D eigenvalue weighted by Gasteiger charge is -2.46. The molecule has 2 saturated carbocycles. The average Bonchev–Trinajstić information content (AvgIpc) is 2.51. The van der Waals surface area contributed by atoms with Crippen molar-refractivity contribution in [2.45, 2.75) is 50.2 Å². The number of aliphatic hydroxyl groups excluding tert-OH is 1. The van der Waals surface area contributed by atoms with E-state index in [1.165, 1.54) is 6.42 Å². The summed E-state index contributed by atoms with van der Waals surface area (Å²) in [6.07, 6.45) is 6.27. The highest BCUT2D eigenvalue weighted by Crippen LogP contribution is 2.50. The van der Waals surface area contributed by atoms with Gasteiger partial charge in [-0.1, -0.05) is 18.4 Å². The van der Waals surface area contributed by atoms with Crippen LogP contribution in [0.15, 0.2) is 11.6 Å². The molecule has 16 heavy (non-hydrogen) atoms. The summed E-state index contributed by atoms with van der Waals surface area (Å²) < 4.78 is 0. The van der Waals surface area contributed by atoms with Gasteiger partial charge in [0.2, 0.25) is 0 Å². The van der Waals surface area contributed by atoms with Gasteiger partial charge in [0.15, 0.2) is 5.78 Å². The number of carbonyl (C=O) groups is 1. The molecule has 3 heteroatoms. The second-order valence-electron chi connectivity index (χ2n) is 5.63. The monoisotopic (exact) mass is 222 g/mol. The Kier molecular flexibility index (Phi) is 2.23. The van der Waals surface area contributed by atoms with Crippen molar-refractivity contribution in [2.24, 2.45) is 11.8 Å². The van der Waals surface area contributed by atoms with E-state index in [2.05, 4.69) is 0 Å². The summed E-state index contributed by atoms with van der Waals surface area (Å²) in [5, 5.41) is 20.4. The largest absolute Gasteiger partial charge is 0.390 e. The molecule has 0 saturated heterocycles. The molecule has 3 nitrogen and oxygen atoms in total. The van der Waals surface area contributed by atoms with Gasteiger partial charge in [0.25, 0.3) is 0 Å². The zero-order chi connectivity index (χ0) is 11.3. The first-order chi connectivity index (χ1) is 7.60. The highest BCUT2D eigenvalue weighted by Gasteiger charge is 2.50. The highest BCUT2D eigenvalue weighted by atomic mass is 16.3. The van der Waals surface area contributed by atoms with E-state index in [9.17, 15) is 15.0 Å². The number of hydrogen-bond acceptors (Lipinski definition) is 3. The molecule has 0 spiro atoms. The predicted octanol–water partition coefficient (Wildman–Crippen LogP) is 1.19. The summed E-state index contributed by atoms with van der Waals surface area (Å²) in [5.41, 5.74) is 0.459. The van der Waals surface area contributed by atoms with Gasteiger partial charge in [0.05, 0.1) is 5.60 Å². The topological polar surface area (TPSA) is 57.5 Å². The van der Waals surface area contributed by atoms with E-state index in [-0.39, 0.29) is 11.7 Å². The highest BCUT2D eigenvalue weighted by molar-refractivity contribution is 5.97. The number of fused-ring (bicyclic) bond motifs is 2. The molecule has 0 radical (unpaired) electrons. The Morgan fingerprint density at radius 3 is 3.00 bits per heavy atom. The molecule has 0 aromatic carbocycles. The predicted molar refractivity (Wildman–Crippen MR) is 58.7 cm³/mol. The van der Waals surface area contributed by atoms with Crippen LogP contribution in [0.3, 0.4) is 0 Å². The third kappa shape index (κ3) is 1.38. The molecular weight excluding hydrogens is 204 g/mol. The number of aliphatic hydroxyl groups is 2. The van der Waals surface area contributed by atoms with Crippen molar-refractivity contribution in [2.75, 3.05) is 0 Å². The van der Waals surface area contributed by atoms with E-state index in [4.69, 9.17) is 0 Å². The van der Waals surface area contributed by atoms with Gasteiger partial charge >= 0.3 is 0 Å². The van der Waals surface area contributed by atoms with E-state index < -0.39 is 11.7 Å². The Bertz CT molecular complexity index is 360. The SMILES string of the molecule is O=C1C=C2CC3CCCCC3(O)CC2C1O. The first-order valence-electron chi connectivity index (χ1n) is 6.25. The van der Waals surface area contributed by atoms with Gasteiger partial charge in [0.1, 0.15) is 6.10 Å². The minimum absolute atomic E-state index is 0.105. The lowest BCUT2D eigenvalue weighted by Crippen LogP contribution is -2.47. The first kappa shape index (κ1) is 10.5. The van der Waals surface area contributed by atoms with Gasteiger partial charge in [-0.3, -0.25) is 4.79 Å². The van der Waals surface area contributed by atoms with E-state index in [0.29, 0.717) is 12.3 Å². The number of ketones is 1. The molecule has 3 aliphatic rings. The third-order valence-corrected chi connectivity index (χ3v) is 4.70. The van der Waals surface area contributed by atoms with Crippen LogP contribution >= 0.6 is 0 Å². The Morgan fingerprint density at radius 1 is 1.38 bits per heavy atom. The number of rotatable bonds is 0. The molecule has 0 bridgehead atoms. The van der Waals surface area contributed by atoms with Crippen LogP contribution in [0.2, 0.25) is 0 Å². The van der Waals surface area contributed by atoms with Gasteiger partial charge in [0, 0.05) is 5.92 Å². The summed E-state index contributed by atoms with van der Waals surface area (Å²) in [7, 11) is 0. The molecule has 4 atom stereocenters. The molecule has 4 unspecified atom stereocenters. The summed E-state index contributed by atoms with van der Waals surface area (Å²) in [5.74, 6) is 0.0379. The molecule has 3 rings (SSSR count). The lowest BCUT2D eigenvalue weighted by molar-refractivity contribution is -0.126. The number of hydrogen-bond donors (Lipinski definition) is 2. The van der Waals surface area contributed by atoms with Crippen molar-refractivity contribution in [1.29, 1.82) is 0 Å². The van der Waals surface area contributed by atoms with Crippen LogP contribution in [-0.2, 0) is 4.79 Å². The van der Waals surface area contributed by atoms with Crippen LogP contribution in [0.4, 0.5) is 0 Å². The maximum absolute atomic E-state index is 11.4. The molecule has 0 aromatic heterocycles. The first-order valence-corrected chi connectivity index (χ1v) is 6.25. The van der Waals surface area contributed by atoms with Crippen molar-refractivity contribution < 1.29 is 15.0 Å². The lowest BCUT2D eigenvalue weighted by atomic mass is 9.63. The van der Waals surface area contributed by atoms with Crippen molar-refractivity contribution in [3.8, 4) is 0 Å². The van der Waals surface area contributed by atoms with Crippen molar-refractivity contribution in [1.82, 2.24) is 0 Å². The average molecular weight is 222 g/mol. The van der Waals surface area contributed by atoms with E-state index >= 15 is 0 Å².